The fourth-order valence-corrected chi connectivity index (χ4v) is 2.14. The number of hydrazine groups is 1. The van der Waals surface area contributed by atoms with Gasteiger partial charge in [0.15, 0.2) is 5.11 Å². The number of benzene rings is 2. The predicted molar refractivity (Wildman–Crippen MR) is 102 cm³/mol. The maximum Gasteiger partial charge on any atom is 0.269 e. The second kappa shape index (κ2) is 8.77. The number of carbonyl (C=O) groups excluding carboxylic acids is 1. The molecule has 2 rings (SSSR count). The number of anilines is 1. The van der Waals surface area contributed by atoms with Gasteiger partial charge in [-0.05, 0) is 62.5 Å². The van der Waals surface area contributed by atoms with Crippen LogP contribution >= 0.6 is 12.2 Å². The molecule has 0 atom stereocenters. The second-order valence-electron chi connectivity index (χ2n) is 5.53. The smallest absolute Gasteiger partial charge is 0.269 e. The van der Waals surface area contributed by atoms with Gasteiger partial charge in [-0.2, -0.15) is 0 Å². The number of rotatable bonds is 5. The second-order valence-corrected chi connectivity index (χ2v) is 5.94. The van der Waals surface area contributed by atoms with Crippen LogP contribution in [0.2, 0.25) is 0 Å². The number of nitrogens with one attached hydrogen (secondary N) is 3. The van der Waals surface area contributed by atoms with Gasteiger partial charge in [0, 0.05) is 23.4 Å². The highest BCUT2D eigenvalue weighted by molar-refractivity contribution is 7.80. The average Bonchev–Trinajstić information content (AvgIpc) is 2.60. The van der Waals surface area contributed by atoms with E-state index in [4.69, 9.17) is 17.0 Å². The van der Waals surface area contributed by atoms with Gasteiger partial charge in [0.25, 0.3) is 11.6 Å². The molecule has 136 valence electrons. The van der Waals surface area contributed by atoms with Gasteiger partial charge in [-0.3, -0.25) is 25.8 Å². The van der Waals surface area contributed by atoms with Gasteiger partial charge in [0.1, 0.15) is 5.75 Å². The molecule has 8 nitrogen and oxygen atoms in total. The third kappa shape index (κ3) is 5.71. The molecule has 1 amide bonds. The highest BCUT2D eigenvalue weighted by Gasteiger charge is 2.08. The lowest BCUT2D eigenvalue weighted by Crippen LogP contribution is -2.43. The molecule has 0 bridgehead atoms. The number of non-ortho nitro benzene ring substituents is 1. The number of amides is 1. The Hall–Kier alpha value is -3.20. The summed E-state index contributed by atoms with van der Waals surface area (Å²) in [6.45, 7) is 3.84. The van der Waals surface area contributed by atoms with Crippen LogP contribution in [0.3, 0.4) is 0 Å². The molecule has 0 saturated carbocycles. The predicted octanol–water partition coefficient (Wildman–Crippen LogP) is 3.01. The summed E-state index contributed by atoms with van der Waals surface area (Å²) in [5.74, 6) is 0.314. The lowest BCUT2D eigenvalue weighted by atomic mass is 10.2. The van der Waals surface area contributed by atoms with Crippen LogP contribution in [0, 0.1) is 10.1 Å². The van der Waals surface area contributed by atoms with Crippen molar-refractivity contribution in [3.05, 3.63) is 64.2 Å². The van der Waals surface area contributed by atoms with E-state index in [-0.39, 0.29) is 22.8 Å². The lowest BCUT2D eigenvalue weighted by molar-refractivity contribution is -0.384. The Balaban J connectivity index is 1.84. The first-order valence-corrected chi connectivity index (χ1v) is 8.14. The maximum atomic E-state index is 12.1. The molecule has 0 unspecified atom stereocenters. The van der Waals surface area contributed by atoms with Crippen molar-refractivity contribution in [2.24, 2.45) is 0 Å². The molecule has 3 N–H and O–H groups in total. The molecule has 0 fully saturated rings. The molecule has 0 spiro atoms. The van der Waals surface area contributed by atoms with Crippen LogP contribution in [0.15, 0.2) is 48.5 Å². The van der Waals surface area contributed by atoms with Crippen LogP contribution < -0.4 is 20.9 Å². The number of hydrogen-bond acceptors (Lipinski definition) is 5. The van der Waals surface area contributed by atoms with E-state index in [1.807, 2.05) is 13.8 Å². The van der Waals surface area contributed by atoms with E-state index in [2.05, 4.69) is 16.2 Å². The van der Waals surface area contributed by atoms with Gasteiger partial charge in [-0.25, -0.2) is 0 Å². The van der Waals surface area contributed by atoms with Crippen LogP contribution in [0.25, 0.3) is 0 Å². The number of thiocarbonyl (C=S) groups is 1. The normalized spacial score (nSPS) is 10.1. The van der Waals surface area contributed by atoms with Gasteiger partial charge in [0.2, 0.25) is 0 Å². The van der Waals surface area contributed by atoms with E-state index in [1.54, 1.807) is 24.3 Å². The molecule has 9 heteroatoms. The van der Waals surface area contributed by atoms with Gasteiger partial charge in [-0.15, -0.1) is 0 Å². The molecular weight excluding hydrogens is 356 g/mol. The van der Waals surface area contributed by atoms with E-state index in [0.29, 0.717) is 17.0 Å². The van der Waals surface area contributed by atoms with Gasteiger partial charge in [-0.1, -0.05) is 0 Å². The molecule has 0 radical (unpaired) electrons. The number of carbonyl (C=O) groups is 1. The number of nitro benzene ring substituents is 1. The highest BCUT2D eigenvalue weighted by Crippen LogP contribution is 2.15. The zero-order chi connectivity index (χ0) is 19.1. The molecule has 0 aliphatic rings. The Bertz CT molecular complexity index is 791. The van der Waals surface area contributed by atoms with Crippen molar-refractivity contribution < 1.29 is 14.5 Å². The topological polar surface area (TPSA) is 106 Å². The number of ether oxygens (including phenoxy) is 1. The molecular formula is C17H18N4O4S. The fraction of sp³-hybridized carbons (Fsp3) is 0.176. The fourth-order valence-electron chi connectivity index (χ4n) is 1.97. The summed E-state index contributed by atoms with van der Waals surface area (Å²) < 4.78 is 5.52. The van der Waals surface area contributed by atoms with Gasteiger partial charge < -0.3 is 10.1 Å². The van der Waals surface area contributed by atoms with Crippen LogP contribution in [-0.4, -0.2) is 22.0 Å². The van der Waals surface area contributed by atoms with Crippen LogP contribution in [0.4, 0.5) is 11.4 Å². The molecule has 26 heavy (non-hydrogen) atoms. The Morgan fingerprint density at radius 1 is 1.08 bits per heavy atom. The molecule has 2 aromatic carbocycles. The first kappa shape index (κ1) is 19.1. The first-order valence-electron chi connectivity index (χ1n) is 7.73. The summed E-state index contributed by atoms with van der Waals surface area (Å²) in [6, 6.07) is 12.4. The Kier molecular flexibility index (Phi) is 6.45. The summed E-state index contributed by atoms with van der Waals surface area (Å²) in [4.78, 5) is 22.2. The zero-order valence-corrected chi connectivity index (χ0v) is 15.0. The Morgan fingerprint density at radius 2 is 1.69 bits per heavy atom. The number of nitro groups is 1. The standard InChI is InChI=1S/C17H18N4O4S/c1-11(2)25-15-9-3-12(4-10-15)16(22)19-20-17(26)18-13-5-7-14(8-6-13)21(23)24/h3-11H,1-2H3,(H,19,22)(H2,18,20,26). The monoisotopic (exact) mass is 374 g/mol. The number of nitrogens with zero attached hydrogens (tertiary/aromatic N) is 1. The summed E-state index contributed by atoms with van der Waals surface area (Å²) in [6.07, 6.45) is 0.0548. The van der Waals surface area contributed by atoms with Crippen molar-refractivity contribution in [1.82, 2.24) is 10.9 Å². The summed E-state index contributed by atoms with van der Waals surface area (Å²) >= 11 is 5.07. The van der Waals surface area contributed by atoms with Gasteiger partial charge >= 0.3 is 0 Å². The van der Waals surface area contributed by atoms with E-state index in [1.165, 1.54) is 24.3 Å². The first-order chi connectivity index (χ1) is 12.3. The lowest BCUT2D eigenvalue weighted by Gasteiger charge is -2.12. The van der Waals surface area contributed by atoms with Crippen LogP contribution in [0.5, 0.6) is 5.75 Å². The van der Waals surface area contributed by atoms with Crippen molar-refractivity contribution in [1.29, 1.82) is 0 Å². The third-order valence-corrected chi connectivity index (χ3v) is 3.32. The number of hydrogen-bond donors (Lipinski definition) is 3. The molecule has 0 aromatic heterocycles. The van der Waals surface area contributed by atoms with Gasteiger partial charge in [0.05, 0.1) is 11.0 Å². The van der Waals surface area contributed by atoms with Crippen molar-refractivity contribution in [2.75, 3.05) is 5.32 Å². The third-order valence-electron chi connectivity index (χ3n) is 3.11. The van der Waals surface area contributed by atoms with Crippen LogP contribution in [-0.2, 0) is 0 Å². The molecule has 0 aliphatic heterocycles. The van der Waals surface area contributed by atoms with E-state index in [0.717, 1.165) is 0 Å². The van der Waals surface area contributed by atoms with Crippen LogP contribution in [0.1, 0.15) is 24.2 Å². The Morgan fingerprint density at radius 3 is 2.23 bits per heavy atom. The van der Waals surface area contributed by atoms with E-state index in [9.17, 15) is 14.9 Å². The zero-order valence-electron chi connectivity index (χ0n) is 14.2. The van der Waals surface area contributed by atoms with Crippen molar-refractivity contribution in [3.63, 3.8) is 0 Å². The van der Waals surface area contributed by atoms with E-state index >= 15 is 0 Å². The van der Waals surface area contributed by atoms with Crippen molar-refractivity contribution >= 4 is 34.6 Å². The largest absolute Gasteiger partial charge is 0.491 e. The molecule has 2 aromatic rings. The van der Waals surface area contributed by atoms with Crippen molar-refractivity contribution in [2.45, 2.75) is 20.0 Å². The molecule has 0 saturated heterocycles. The summed E-state index contributed by atoms with van der Waals surface area (Å²) in [7, 11) is 0. The quantitative estimate of drug-likeness (QED) is 0.420. The minimum atomic E-state index is -0.488. The minimum absolute atomic E-state index is 0.0207. The Labute approximate surface area is 155 Å². The SMILES string of the molecule is CC(C)Oc1ccc(C(=O)NNC(=S)Nc2ccc([N+](=O)[O-])cc2)cc1. The van der Waals surface area contributed by atoms with Crippen molar-refractivity contribution in [3.8, 4) is 5.75 Å². The maximum absolute atomic E-state index is 12.1. The molecule has 0 aliphatic carbocycles. The highest BCUT2D eigenvalue weighted by atomic mass is 32.1. The van der Waals surface area contributed by atoms with E-state index < -0.39 is 4.92 Å². The average molecular weight is 374 g/mol. The minimum Gasteiger partial charge on any atom is -0.491 e. The molecule has 0 heterocycles. The summed E-state index contributed by atoms with van der Waals surface area (Å²) in [5.41, 5.74) is 6.01. The summed E-state index contributed by atoms with van der Waals surface area (Å²) in [5, 5.41) is 13.6.